The van der Waals surface area contributed by atoms with Gasteiger partial charge < -0.3 is 5.11 Å². The predicted octanol–water partition coefficient (Wildman–Crippen LogP) is 2.60. The molecule has 1 N–H and O–H groups in total. The molecule has 1 aromatic carbocycles. The molecule has 0 bridgehead atoms. The lowest BCUT2D eigenvalue weighted by Crippen LogP contribution is -2.02. The van der Waals surface area contributed by atoms with Crippen molar-refractivity contribution in [2.24, 2.45) is 0 Å². The van der Waals surface area contributed by atoms with Gasteiger partial charge in [-0.05, 0) is 17.5 Å². The third-order valence-electron chi connectivity index (χ3n) is 2.12. The van der Waals surface area contributed by atoms with Crippen LogP contribution in [0.25, 0.3) is 0 Å². The monoisotopic (exact) mass is 202 g/mol. The van der Waals surface area contributed by atoms with Crippen LogP contribution >= 0.6 is 0 Å². The lowest BCUT2D eigenvalue weighted by molar-refractivity contribution is -0.132. The average molecular weight is 202 g/mol. The summed E-state index contributed by atoms with van der Waals surface area (Å²) in [6.45, 7) is 7.15. The van der Waals surface area contributed by atoms with E-state index in [0.717, 1.165) is 12.0 Å². The molecule has 0 fully saturated rings. The Hall–Kier alpha value is -1.83. The molecule has 2 heteroatoms. The summed E-state index contributed by atoms with van der Waals surface area (Å²) in [5, 5.41) is 8.67. The van der Waals surface area contributed by atoms with Crippen molar-refractivity contribution in [1.29, 1.82) is 0 Å². The van der Waals surface area contributed by atoms with Gasteiger partial charge in [0.1, 0.15) is 0 Å². The van der Waals surface area contributed by atoms with E-state index in [9.17, 15) is 4.79 Å². The van der Waals surface area contributed by atoms with E-state index in [1.807, 2.05) is 30.3 Å². The van der Waals surface area contributed by atoms with Crippen LogP contribution in [0.3, 0.4) is 0 Å². The zero-order valence-corrected chi connectivity index (χ0v) is 8.57. The first-order valence-electron chi connectivity index (χ1n) is 4.73. The number of rotatable bonds is 5. The highest BCUT2D eigenvalue weighted by atomic mass is 16.4. The smallest absolute Gasteiger partial charge is 0.331 e. The van der Waals surface area contributed by atoms with Crippen LogP contribution in [0.5, 0.6) is 0 Å². The van der Waals surface area contributed by atoms with Gasteiger partial charge in [-0.1, -0.05) is 36.9 Å². The lowest BCUT2D eigenvalue weighted by Gasteiger charge is -2.02. The minimum Gasteiger partial charge on any atom is -0.478 e. The summed E-state index contributed by atoms with van der Waals surface area (Å²) >= 11 is 0. The van der Waals surface area contributed by atoms with Gasteiger partial charge in [0, 0.05) is 12.0 Å². The van der Waals surface area contributed by atoms with E-state index in [1.165, 1.54) is 5.56 Å². The summed E-state index contributed by atoms with van der Waals surface area (Å²) in [5.74, 6) is -0.940. The molecule has 0 radical (unpaired) electrons. The first-order valence-corrected chi connectivity index (χ1v) is 4.73. The highest BCUT2D eigenvalue weighted by molar-refractivity contribution is 5.86. The summed E-state index contributed by atoms with van der Waals surface area (Å²) in [5.41, 5.74) is 2.36. The van der Waals surface area contributed by atoms with Gasteiger partial charge in [-0.2, -0.15) is 0 Å². The van der Waals surface area contributed by atoms with Crippen LogP contribution in [-0.4, -0.2) is 11.1 Å². The zero-order valence-electron chi connectivity index (χ0n) is 8.57. The molecule has 0 aliphatic rings. The second kappa shape index (κ2) is 5.15. The van der Waals surface area contributed by atoms with Crippen LogP contribution in [0.15, 0.2) is 49.1 Å². The molecule has 1 aromatic rings. The van der Waals surface area contributed by atoms with E-state index >= 15 is 0 Å². The Balaban J connectivity index is 2.68. The largest absolute Gasteiger partial charge is 0.478 e. The maximum atomic E-state index is 10.6. The number of carboxylic acid groups (broad SMARTS) is 1. The topological polar surface area (TPSA) is 37.3 Å². The molecule has 0 spiro atoms. The standard InChI is InChI=1S/C13H14O2/c1-3-4-11-5-7-12(8-6-11)9-10(2)13(14)15/h3,5-8H,1-2,4,9H2,(H,14,15). The van der Waals surface area contributed by atoms with Crippen molar-refractivity contribution in [3.05, 3.63) is 60.2 Å². The molecule has 0 amide bonds. The SMILES string of the molecule is C=CCc1ccc(CC(=C)C(=O)O)cc1. The van der Waals surface area contributed by atoms with Crippen LogP contribution < -0.4 is 0 Å². The molecular weight excluding hydrogens is 188 g/mol. The van der Waals surface area contributed by atoms with Gasteiger partial charge in [0.25, 0.3) is 0 Å². The van der Waals surface area contributed by atoms with Gasteiger partial charge in [0.05, 0.1) is 0 Å². The minimum atomic E-state index is -0.940. The fourth-order valence-electron chi connectivity index (χ4n) is 1.28. The Morgan fingerprint density at radius 1 is 1.27 bits per heavy atom. The Bertz CT molecular complexity index is 374. The summed E-state index contributed by atoms with van der Waals surface area (Å²) in [6, 6.07) is 7.80. The molecule has 0 heterocycles. The van der Waals surface area contributed by atoms with Crippen LogP contribution in [0.1, 0.15) is 11.1 Å². The number of carbonyl (C=O) groups is 1. The Kier molecular flexibility index (Phi) is 3.86. The number of allylic oxidation sites excluding steroid dienone is 1. The van der Waals surface area contributed by atoms with Gasteiger partial charge in [0.2, 0.25) is 0 Å². The van der Waals surface area contributed by atoms with Crippen molar-refractivity contribution < 1.29 is 9.90 Å². The third kappa shape index (κ3) is 3.43. The molecule has 0 aliphatic heterocycles. The first kappa shape index (κ1) is 11.2. The predicted molar refractivity (Wildman–Crippen MR) is 60.8 cm³/mol. The molecule has 2 nitrogen and oxygen atoms in total. The molecule has 0 saturated carbocycles. The van der Waals surface area contributed by atoms with Crippen molar-refractivity contribution >= 4 is 5.97 Å². The maximum Gasteiger partial charge on any atom is 0.331 e. The zero-order chi connectivity index (χ0) is 11.3. The highest BCUT2D eigenvalue weighted by Gasteiger charge is 2.04. The van der Waals surface area contributed by atoms with Crippen molar-refractivity contribution in [1.82, 2.24) is 0 Å². The van der Waals surface area contributed by atoms with Crippen molar-refractivity contribution in [3.8, 4) is 0 Å². The van der Waals surface area contributed by atoms with Gasteiger partial charge in [-0.15, -0.1) is 6.58 Å². The second-order valence-corrected chi connectivity index (χ2v) is 3.39. The number of hydrogen-bond donors (Lipinski definition) is 1. The van der Waals surface area contributed by atoms with Crippen molar-refractivity contribution in [2.45, 2.75) is 12.8 Å². The fourth-order valence-corrected chi connectivity index (χ4v) is 1.28. The molecule has 1 rings (SSSR count). The molecule has 0 unspecified atom stereocenters. The quantitative estimate of drug-likeness (QED) is 0.588. The molecular formula is C13H14O2. The summed E-state index contributed by atoms with van der Waals surface area (Å²) in [6.07, 6.45) is 3.06. The van der Waals surface area contributed by atoms with Crippen LogP contribution in [0.2, 0.25) is 0 Å². The van der Waals surface area contributed by atoms with Gasteiger partial charge >= 0.3 is 5.97 Å². The normalized spacial score (nSPS) is 9.60. The highest BCUT2D eigenvalue weighted by Crippen LogP contribution is 2.09. The summed E-state index contributed by atoms with van der Waals surface area (Å²) in [4.78, 5) is 10.6. The molecule has 0 aromatic heterocycles. The van der Waals surface area contributed by atoms with Crippen LogP contribution in [0, 0.1) is 0 Å². The molecule has 15 heavy (non-hydrogen) atoms. The maximum absolute atomic E-state index is 10.6. The number of aliphatic carboxylic acids is 1. The molecule has 0 saturated heterocycles. The van der Waals surface area contributed by atoms with E-state index in [1.54, 1.807) is 0 Å². The number of hydrogen-bond acceptors (Lipinski definition) is 1. The van der Waals surface area contributed by atoms with E-state index in [-0.39, 0.29) is 5.57 Å². The second-order valence-electron chi connectivity index (χ2n) is 3.39. The molecule has 0 aliphatic carbocycles. The molecule has 0 atom stereocenters. The van der Waals surface area contributed by atoms with E-state index in [4.69, 9.17) is 5.11 Å². The van der Waals surface area contributed by atoms with E-state index in [2.05, 4.69) is 13.2 Å². The fraction of sp³-hybridized carbons (Fsp3) is 0.154. The summed E-state index contributed by atoms with van der Waals surface area (Å²) < 4.78 is 0. The van der Waals surface area contributed by atoms with Crippen LogP contribution in [0.4, 0.5) is 0 Å². The summed E-state index contributed by atoms with van der Waals surface area (Å²) in [7, 11) is 0. The van der Waals surface area contributed by atoms with Crippen molar-refractivity contribution in [3.63, 3.8) is 0 Å². The van der Waals surface area contributed by atoms with Gasteiger partial charge in [-0.25, -0.2) is 4.79 Å². The average Bonchev–Trinajstić information content (AvgIpc) is 2.21. The first-order chi connectivity index (χ1) is 7.13. The van der Waals surface area contributed by atoms with Gasteiger partial charge in [0.15, 0.2) is 0 Å². The number of carboxylic acids is 1. The lowest BCUT2D eigenvalue weighted by atomic mass is 10.0. The minimum absolute atomic E-state index is 0.214. The van der Waals surface area contributed by atoms with Crippen LogP contribution in [-0.2, 0) is 17.6 Å². The van der Waals surface area contributed by atoms with E-state index < -0.39 is 5.97 Å². The number of benzene rings is 1. The Morgan fingerprint density at radius 3 is 2.27 bits per heavy atom. The van der Waals surface area contributed by atoms with Crippen molar-refractivity contribution in [2.75, 3.05) is 0 Å². The van der Waals surface area contributed by atoms with Gasteiger partial charge in [-0.3, -0.25) is 0 Å². The Morgan fingerprint density at radius 2 is 1.80 bits per heavy atom. The van der Waals surface area contributed by atoms with E-state index in [0.29, 0.717) is 6.42 Å². The molecule has 78 valence electrons. The Labute approximate surface area is 89.6 Å². The third-order valence-corrected chi connectivity index (χ3v) is 2.12.